The molecule has 0 bridgehead atoms. The van der Waals surface area contributed by atoms with E-state index in [9.17, 15) is 36.2 Å². The van der Waals surface area contributed by atoms with E-state index in [-0.39, 0.29) is 59.9 Å². The Bertz CT molecular complexity index is 1950. The number of hydrogen-bond acceptors (Lipinski definition) is 9. The Hall–Kier alpha value is -2.84. The van der Waals surface area contributed by atoms with Crippen LogP contribution in [0.15, 0.2) is 94.7 Å². The molecule has 0 saturated carbocycles. The van der Waals surface area contributed by atoms with E-state index in [4.69, 9.17) is 9.47 Å². The zero-order valence-corrected chi connectivity index (χ0v) is 43.0. The van der Waals surface area contributed by atoms with Gasteiger partial charge in [-0.1, -0.05) is 198 Å². The third-order valence-electron chi connectivity index (χ3n) is 11.4. The van der Waals surface area contributed by atoms with Crippen LogP contribution in [0.25, 0.3) is 0 Å². The van der Waals surface area contributed by atoms with Gasteiger partial charge >= 0.3 is 37.7 Å². The number of phenolic OH excluding ortho intramolecular Hbond substituents is 1. The van der Waals surface area contributed by atoms with Crippen LogP contribution < -0.4 is 14.6 Å². The smallest absolute Gasteiger partial charge is 0.872 e. The SMILES string of the molecule is CCCCCCCCCCCCCCc1c(O)cc(S(=O)(=O)O)cc1Oc1ccccc1.CCCCCCCCCCCCCCc1c([O-])cc(S(=O)(=O)[O-])cc1Oc1ccccc1.[Ca+2]. The Morgan fingerprint density at radius 1 is 0.477 bits per heavy atom. The maximum Gasteiger partial charge on any atom is 2.00 e. The molecule has 0 aliphatic heterocycles. The van der Waals surface area contributed by atoms with Crippen LogP contribution in [0.2, 0.25) is 0 Å². The molecule has 0 fully saturated rings. The quantitative estimate of drug-likeness (QED) is 0.0272. The molecule has 0 unspecified atom stereocenters. The Kier molecular flexibility index (Phi) is 30.1. The van der Waals surface area contributed by atoms with Gasteiger partial charge in [0.15, 0.2) is 0 Å². The topological polar surface area (TPSA) is 173 Å². The van der Waals surface area contributed by atoms with Crippen LogP contribution in [0.5, 0.6) is 34.5 Å². The summed E-state index contributed by atoms with van der Waals surface area (Å²) in [6.07, 6.45) is 30.7. The normalized spacial score (nSPS) is 11.4. The van der Waals surface area contributed by atoms with Gasteiger partial charge in [-0.05, 0) is 61.6 Å². The maximum atomic E-state index is 12.5. The number of rotatable bonds is 32. The molecule has 0 aromatic heterocycles. The van der Waals surface area contributed by atoms with Gasteiger partial charge in [-0.25, -0.2) is 8.42 Å². The van der Waals surface area contributed by atoms with Crippen molar-refractivity contribution in [1.82, 2.24) is 0 Å². The van der Waals surface area contributed by atoms with Crippen LogP contribution in [-0.2, 0) is 33.1 Å². The first-order valence-corrected chi connectivity index (χ1v) is 26.8. The van der Waals surface area contributed by atoms with Crippen LogP contribution >= 0.6 is 0 Å². The molecule has 0 atom stereocenters. The third kappa shape index (κ3) is 24.7. The van der Waals surface area contributed by atoms with Gasteiger partial charge in [0.2, 0.25) is 0 Å². The molecule has 0 amide bonds. The molecule has 2 N–H and O–H groups in total. The Balaban J connectivity index is 0.000000440. The Morgan fingerprint density at radius 3 is 1.18 bits per heavy atom. The molecule has 13 heteroatoms. The monoisotopic (exact) mass is 962 g/mol. The van der Waals surface area contributed by atoms with E-state index >= 15 is 0 Å². The van der Waals surface area contributed by atoms with Crippen molar-refractivity contribution in [2.24, 2.45) is 0 Å². The second-order valence-electron chi connectivity index (χ2n) is 16.9. The van der Waals surface area contributed by atoms with E-state index in [0.29, 0.717) is 35.5 Å². The maximum absolute atomic E-state index is 12.5. The Morgan fingerprint density at radius 2 is 0.815 bits per heavy atom. The zero-order valence-electron chi connectivity index (χ0n) is 39.2. The largest absolute Gasteiger partial charge is 2.00 e. The first-order valence-electron chi connectivity index (χ1n) is 23.9. The minimum absolute atomic E-state index is 0. The zero-order chi connectivity index (χ0) is 46.5. The molecule has 0 aliphatic carbocycles. The van der Waals surface area contributed by atoms with E-state index < -0.39 is 30.9 Å². The van der Waals surface area contributed by atoms with Crippen molar-refractivity contribution in [1.29, 1.82) is 0 Å². The first-order chi connectivity index (χ1) is 30.8. The fourth-order valence-electron chi connectivity index (χ4n) is 7.69. The van der Waals surface area contributed by atoms with Crippen LogP contribution in [0.1, 0.15) is 179 Å². The van der Waals surface area contributed by atoms with Crippen molar-refractivity contribution in [2.75, 3.05) is 0 Å². The molecule has 0 heterocycles. The number of para-hydroxylation sites is 2. The number of hydrogen-bond donors (Lipinski definition) is 2. The van der Waals surface area contributed by atoms with Crippen molar-refractivity contribution in [2.45, 2.75) is 191 Å². The summed E-state index contributed by atoms with van der Waals surface area (Å²) in [6.45, 7) is 4.48. The number of phenols is 1. The standard InChI is InChI=1S/2C26H38O5S.Ca/c2*1-2-3-4-5-6-7-8-9-10-11-12-16-19-24-25(27)20-23(32(28,29)30)21-26(24)31-22-17-14-13-15-18-22;/h2*13-15,17-18,20-21,27H,2-12,16,19H2,1H3,(H,28,29,30);/q;;+2/p-2. The van der Waals surface area contributed by atoms with Crippen LogP contribution in [-0.4, -0.2) is 68.8 Å². The summed E-state index contributed by atoms with van der Waals surface area (Å²) in [4.78, 5) is -0.925. The van der Waals surface area contributed by atoms with Gasteiger partial charge < -0.3 is 24.2 Å². The third-order valence-corrected chi connectivity index (χ3v) is 13.0. The van der Waals surface area contributed by atoms with E-state index in [0.717, 1.165) is 50.7 Å². The molecule has 0 saturated heterocycles. The van der Waals surface area contributed by atoms with E-state index in [1.807, 2.05) is 24.3 Å². The molecule has 4 rings (SSSR count). The Labute approximate surface area is 421 Å². The second kappa shape index (κ2) is 33.6. The minimum Gasteiger partial charge on any atom is -0.872 e. The number of ether oxygens (including phenoxy) is 2. The van der Waals surface area contributed by atoms with Crippen molar-refractivity contribution in [3.8, 4) is 34.5 Å². The summed E-state index contributed by atoms with van der Waals surface area (Å²) < 4.78 is 78.4. The molecule has 0 radical (unpaired) electrons. The summed E-state index contributed by atoms with van der Waals surface area (Å²) in [5, 5.41) is 23.0. The molecule has 65 heavy (non-hydrogen) atoms. The van der Waals surface area contributed by atoms with Crippen LogP contribution in [0.4, 0.5) is 0 Å². The summed E-state index contributed by atoms with van der Waals surface area (Å²) in [5.74, 6) is 0.803. The van der Waals surface area contributed by atoms with Gasteiger partial charge in [-0.2, -0.15) is 8.42 Å². The number of unbranched alkanes of at least 4 members (excludes halogenated alkanes) is 22. The van der Waals surface area contributed by atoms with E-state index in [1.54, 1.807) is 36.4 Å². The molecule has 10 nitrogen and oxygen atoms in total. The van der Waals surface area contributed by atoms with Gasteiger partial charge in [0, 0.05) is 17.7 Å². The average molecular weight is 963 g/mol. The van der Waals surface area contributed by atoms with Gasteiger partial charge in [0.1, 0.15) is 43.8 Å². The van der Waals surface area contributed by atoms with Gasteiger partial charge in [-0.3, -0.25) is 4.55 Å². The predicted octanol–water partition coefficient (Wildman–Crippen LogP) is 14.0. The van der Waals surface area contributed by atoms with Crippen LogP contribution in [0.3, 0.4) is 0 Å². The molecule has 4 aromatic rings. The number of benzene rings is 4. The molecule has 0 spiro atoms. The van der Waals surface area contributed by atoms with Crippen molar-refractivity contribution < 1.29 is 45.6 Å². The molecule has 0 aliphatic rings. The predicted molar refractivity (Wildman–Crippen MR) is 260 cm³/mol. The molecular formula is C52H74CaO10S2. The summed E-state index contributed by atoms with van der Waals surface area (Å²) >= 11 is 0. The van der Waals surface area contributed by atoms with Gasteiger partial charge in [0.25, 0.3) is 10.1 Å². The first kappa shape index (κ1) is 58.3. The fourth-order valence-corrected chi connectivity index (χ4v) is 8.71. The summed E-state index contributed by atoms with van der Waals surface area (Å²) in [5.41, 5.74) is 0.988. The summed E-state index contributed by atoms with van der Waals surface area (Å²) in [6, 6.07) is 22.3. The summed E-state index contributed by atoms with van der Waals surface area (Å²) in [7, 11) is -9.18. The van der Waals surface area contributed by atoms with Gasteiger partial charge in [0.05, 0.1) is 4.90 Å². The van der Waals surface area contributed by atoms with Crippen molar-refractivity contribution >= 4 is 58.0 Å². The van der Waals surface area contributed by atoms with Crippen LogP contribution in [0, 0.1) is 0 Å². The molecule has 356 valence electrons. The van der Waals surface area contributed by atoms with E-state index in [2.05, 4.69) is 13.8 Å². The average Bonchev–Trinajstić information content (AvgIpc) is 3.26. The number of aromatic hydroxyl groups is 1. The molecule has 4 aromatic carbocycles. The molecular weight excluding hydrogens is 889 g/mol. The van der Waals surface area contributed by atoms with E-state index in [1.165, 1.54) is 128 Å². The van der Waals surface area contributed by atoms with Gasteiger partial charge in [-0.15, -0.1) is 5.75 Å². The van der Waals surface area contributed by atoms with Crippen molar-refractivity contribution in [3.05, 3.63) is 96.1 Å². The second-order valence-corrected chi connectivity index (χ2v) is 19.7. The van der Waals surface area contributed by atoms with Crippen molar-refractivity contribution in [3.63, 3.8) is 0 Å². The fraction of sp³-hybridized carbons (Fsp3) is 0.538. The minimum atomic E-state index is -4.73.